The van der Waals surface area contributed by atoms with Gasteiger partial charge in [0.2, 0.25) is 0 Å². The van der Waals surface area contributed by atoms with Gasteiger partial charge < -0.3 is 9.80 Å². The van der Waals surface area contributed by atoms with Gasteiger partial charge in [-0.3, -0.25) is 0 Å². The van der Waals surface area contributed by atoms with E-state index in [2.05, 4.69) is 232 Å². The lowest BCUT2D eigenvalue weighted by atomic mass is 9.82. The third-order valence-corrected chi connectivity index (χ3v) is 11.3. The predicted octanol–water partition coefficient (Wildman–Crippen LogP) is 14.9. The Kier molecular flexibility index (Phi) is 8.67. The topological polar surface area (TPSA) is 6.48 Å². The molecule has 0 bridgehead atoms. The van der Waals surface area contributed by atoms with Gasteiger partial charge in [-0.25, -0.2) is 0 Å². The Bertz CT molecular complexity index is 2580. The number of aryl methyl sites for hydroxylation is 2. The maximum atomic E-state index is 2.41. The van der Waals surface area contributed by atoms with Gasteiger partial charge >= 0.3 is 0 Å². The molecule has 0 heterocycles. The lowest BCUT2D eigenvalue weighted by molar-refractivity contribution is 0.660. The van der Waals surface area contributed by atoms with E-state index in [4.69, 9.17) is 0 Å². The van der Waals surface area contributed by atoms with Crippen molar-refractivity contribution in [1.29, 1.82) is 0 Å². The molecule has 2 nitrogen and oxygen atoms in total. The summed E-state index contributed by atoms with van der Waals surface area (Å²) in [5.74, 6) is 0. The molecule has 2 heteroatoms. The minimum Gasteiger partial charge on any atom is -0.310 e. The number of anilines is 6. The molecule has 0 spiro atoms. The van der Waals surface area contributed by atoms with E-state index in [1.165, 1.54) is 55.6 Å². The molecule has 0 aliphatic heterocycles. The number of hydrogen-bond donors (Lipinski definition) is 0. The molecule has 266 valence electrons. The third-order valence-electron chi connectivity index (χ3n) is 11.3. The molecule has 0 N–H and O–H groups in total. The summed E-state index contributed by atoms with van der Waals surface area (Å²) in [6, 6.07) is 70.5. The van der Waals surface area contributed by atoms with E-state index < -0.39 is 0 Å². The monoisotopic (exact) mass is 708 g/mol. The summed E-state index contributed by atoms with van der Waals surface area (Å²) in [6.45, 7) is 9.15. The maximum absolute atomic E-state index is 2.41. The summed E-state index contributed by atoms with van der Waals surface area (Å²) >= 11 is 0. The molecule has 8 aromatic carbocycles. The summed E-state index contributed by atoms with van der Waals surface area (Å²) in [5, 5.41) is 0. The van der Waals surface area contributed by atoms with Crippen molar-refractivity contribution in [3.63, 3.8) is 0 Å². The Hall–Kier alpha value is -6.64. The first-order valence-corrected chi connectivity index (χ1v) is 19.2. The van der Waals surface area contributed by atoms with Crippen LogP contribution in [0.4, 0.5) is 34.1 Å². The van der Waals surface area contributed by atoms with Crippen molar-refractivity contribution in [3.05, 3.63) is 216 Å². The second kappa shape index (κ2) is 14.0. The van der Waals surface area contributed by atoms with Crippen LogP contribution in [0.15, 0.2) is 194 Å². The highest BCUT2D eigenvalue weighted by molar-refractivity contribution is 5.88. The summed E-state index contributed by atoms with van der Waals surface area (Å²) < 4.78 is 0. The number of fused-ring (bicyclic) bond motifs is 3. The second-order valence-electron chi connectivity index (χ2n) is 15.2. The first-order chi connectivity index (χ1) is 26.9. The van der Waals surface area contributed by atoms with Crippen molar-refractivity contribution in [2.75, 3.05) is 9.80 Å². The fraction of sp³-hybridized carbons (Fsp3) is 0.0943. The summed E-state index contributed by atoms with van der Waals surface area (Å²) in [7, 11) is 0. The highest BCUT2D eigenvalue weighted by Crippen LogP contribution is 2.51. The number of hydrogen-bond acceptors (Lipinski definition) is 2. The molecule has 55 heavy (non-hydrogen) atoms. The van der Waals surface area contributed by atoms with Gasteiger partial charge in [-0.05, 0) is 142 Å². The third kappa shape index (κ3) is 6.20. The zero-order valence-electron chi connectivity index (χ0n) is 31.9. The van der Waals surface area contributed by atoms with Gasteiger partial charge in [0.15, 0.2) is 0 Å². The van der Waals surface area contributed by atoms with E-state index in [0.29, 0.717) is 0 Å². The molecular formula is C53H44N2. The molecule has 1 aliphatic rings. The molecule has 0 radical (unpaired) electrons. The molecule has 0 fully saturated rings. The van der Waals surface area contributed by atoms with Crippen LogP contribution in [-0.2, 0) is 5.41 Å². The Morgan fingerprint density at radius 1 is 0.309 bits per heavy atom. The predicted molar refractivity (Wildman–Crippen MR) is 234 cm³/mol. The Balaban J connectivity index is 1.12. The molecule has 0 atom stereocenters. The first-order valence-electron chi connectivity index (χ1n) is 19.2. The van der Waals surface area contributed by atoms with E-state index in [1.807, 2.05) is 0 Å². The normalized spacial score (nSPS) is 12.5. The van der Waals surface area contributed by atoms with Crippen molar-refractivity contribution in [3.8, 4) is 33.4 Å². The molecule has 1 aliphatic carbocycles. The lowest BCUT2D eigenvalue weighted by Gasteiger charge is -2.28. The highest BCUT2D eigenvalue weighted by atomic mass is 15.1. The quantitative estimate of drug-likeness (QED) is 0.155. The summed E-state index contributed by atoms with van der Waals surface area (Å²) in [4.78, 5) is 4.73. The Morgan fingerprint density at radius 2 is 0.709 bits per heavy atom. The van der Waals surface area contributed by atoms with Gasteiger partial charge in [-0.15, -0.1) is 0 Å². The van der Waals surface area contributed by atoms with Crippen molar-refractivity contribution in [2.45, 2.75) is 33.1 Å². The van der Waals surface area contributed by atoms with Gasteiger partial charge in [0, 0.05) is 39.5 Å². The molecule has 0 amide bonds. The molecule has 0 saturated carbocycles. The lowest BCUT2D eigenvalue weighted by Crippen LogP contribution is -2.15. The van der Waals surface area contributed by atoms with E-state index in [1.54, 1.807) is 0 Å². The fourth-order valence-electron chi connectivity index (χ4n) is 8.51. The Labute approximate surface area is 325 Å². The second-order valence-corrected chi connectivity index (χ2v) is 15.2. The van der Waals surface area contributed by atoms with Crippen LogP contribution >= 0.6 is 0 Å². The van der Waals surface area contributed by atoms with Crippen molar-refractivity contribution in [1.82, 2.24) is 0 Å². The van der Waals surface area contributed by atoms with Crippen molar-refractivity contribution >= 4 is 34.1 Å². The fourth-order valence-corrected chi connectivity index (χ4v) is 8.51. The zero-order valence-corrected chi connectivity index (χ0v) is 31.9. The first kappa shape index (κ1) is 34.1. The van der Waals surface area contributed by atoms with Gasteiger partial charge in [-0.1, -0.05) is 135 Å². The SMILES string of the molecule is Cc1cc(N(c2ccccc2)c2ccccc2)ccc1-c1ccc(N(c2ccc(-c3ccccc3)cc2)c2ccc3c(c2)-c2ccccc2C3(C)C)cc1C. The van der Waals surface area contributed by atoms with Crippen molar-refractivity contribution in [2.24, 2.45) is 0 Å². The number of benzene rings is 8. The van der Waals surface area contributed by atoms with Crippen LogP contribution in [-0.4, -0.2) is 0 Å². The molecular weight excluding hydrogens is 665 g/mol. The van der Waals surface area contributed by atoms with Gasteiger partial charge in [-0.2, -0.15) is 0 Å². The summed E-state index contributed by atoms with van der Waals surface area (Å²) in [5.41, 5.74) is 19.5. The van der Waals surface area contributed by atoms with Gasteiger partial charge in [0.05, 0.1) is 0 Å². The van der Waals surface area contributed by atoms with Crippen LogP contribution in [0.3, 0.4) is 0 Å². The van der Waals surface area contributed by atoms with Crippen LogP contribution in [0.25, 0.3) is 33.4 Å². The average Bonchev–Trinajstić information content (AvgIpc) is 3.45. The van der Waals surface area contributed by atoms with Crippen LogP contribution in [0.5, 0.6) is 0 Å². The van der Waals surface area contributed by atoms with Gasteiger partial charge in [0.25, 0.3) is 0 Å². The summed E-state index contributed by atoms with van der Waals surface area (Å²) in [6.07, 6.45) is 0. The molecule has 8 aromatic rings. The Morgan fingerprint density at radius 3 is 1.27 bits per heavy atom. The van der Waals surface area contributed by atoms with E-state index in [9.17, 15) is 0 Å². The van der Waals surface area contributed by atoms with E-state index >= 15 is 0 Å². The number of rotatable bonds is 8. The molecule has 0 saturated heterocycles. The number of para-hydroxylation sites is 2. The largest absolute Gasteiger partial charge is 0.310 e. The van der Waals surface area contributed by atoms with Crippen LogP contribution in [0.2, 0.25) is 0 Å². The average molecular weight is 709 g/mol. The number of nitrogens with zero attached hydrogens (tertiary/aromatic N) is 2. The standard InChI is InChI=1S/C53H44N2/c1-37-34-44(54(41-18-10-6-11-19-41)42-20-12-7-13-21-42)28-31-47(37)48-32-29-45(35-38(48)2)55(43-26-24-40(25-27-43)39-16-8-5-9-17-39)46-30-33-52-50(36-46)49-22-14-15-23-51(49)53(52,3)4/h5-36H,1-4H3. The van der Waals surface area contributed by atoms with E-state index in [0.717, 1.165) is 34.1 Å². The minimum atomic E-state index is -0.0442. The minimum absolute atomic E-state index is 0.0442. The van der Waals surface area contributed by atoms with Crippen LogP contribution < -0.4 is 9.80 Å². The van der Waals surface area contributed by atoms with Gasteiger partial charge in [0.1, 0.15) is 0 Å². The molecule has 9 rings (SSSR count). The van der Waals surface area contributed by atoms with Crippen LogP contribution in [0, 0.1) is 13.8 Å². The van der Waals surface area contributed by atoms with Crippen molar-refractivity contribution < 1.29 is 0 Å². The molecule has 0 aromatic heterocycles. The highest BCUT2D eigenvalue weighted by Gasteiger charge is 2.35. The smallest absolute Gasteiger partial charge is 0.0468 e. The zero-order chi connectivity index (χ0) is 37.5. The maximum Gasteiger partial charge on any atom is 0.0468 e. The van der Waals surface area contributed by atoms with E-state index in [-0.39, 0.29) is 5.41 Å². The van der Waals surface area contributed by atoms with Crippen LogP contribution in [0.1, 0.15) is 36.1 Å². The molecule has 0 unspecified atom stereocenters.